The quantitative estimate of drug-likeness (QED) is 0.781. The van der Waals surface area contributed by atoms with E-state index in [9.17, 15) is 4.79 Å². The Labute approximate surface area is 96.0 Å². The summed E-state index contributed by atoms with van der Waals surface area (Å²) in [6, 6.07) is 10.6. The summed E-state index contributed by atoms with van der Waals surface area (Å²) in [5, 5.41) is 0. The van der Waals surface area contributed by atoms with Gasteiger partial charge >= 0.3 is 6.09 Å². The fourth-order valence-corrected chi connectivity index (χ4v) is 2.15. The van der Waals surface area contributed by atoms with E-state index in [-0.39, 0.29) is 18.2 Å². The Morgan fingerprint density at radius 1 is 1.38 bits per heavy atom. The van der Waals surface area contributed by atoms with E-state index in [1.54, 1.807) is 0 Å². The highest BCUT2D eigenvalue weighted by atomic mass is 16.6. The number of amides is 1. The molecule has 1 heterocycles. The van der Waals surface area contributed by atoms with Crippen LogP contribution in [-0.2, 0) is 11.2 Å². The highest BCUT2D eigenvalue weighted by Gasteiger charge is 2.34. The van der Waals surface area contributed by atoms with Crippen LogP contribution in [0.15, 0.2) is 30.3 Å². The standard InChI is InChI=1S/C13H17NO2/c1-10(2)14-12(9-16-13(14)15)8-11-6-4-3-5-7-11/h3-7,10,12H,8-9H2,1-2H3/t12-/m1/s1. The molecule has 16 heavy (non-hydrogen) atoms. The number of nitrogens with zero attached hydrogens (tertiary/aromatic N) is 1. The number of carbonyl (C=O) groups is 1. The molecule has 3 heteroatoms. The summed E-state index contributed by atoms with van der Waals surface area (Å²) in [6.07, 6.45) is 0.682. The fourth-order valence-electron chi connectivity index (χ4n) is 2.15. The van der Waals surface area contributed by atoms with Crippen molar-refractivity contribution in [1.82, 2.24) is 4.90 Å². The molecule has 1 amide bonds. The van der Waals surface area contributed by atoms with Gasteiger partial charge in [0.2, 0.25) is 0 Å². The zero-order valence-corrected chi connectivity index (χ0v) is 9.72. The van der Waals surface area contributed by atoms with Crippen LogP contribution >= 0.6 is 0 Å². The normalized spacial score (nSPS) is 20.3. The lowest BCUT2D eigenvalue weighted by Crippen LogP contribution is -2.40. The van der Waals surface area contributed by atoms with Gasteiger partial charge in [0.05, 0.1) is 6.04 Å². The maximum Gasteiger partial charge on any atom is 0.410 e. The van der Waals surface area contributed by atoms with Gasteiger partial charge in [-0.05, 0) is 25.8 Å². The Morgan fingerprint density at radius 3 is 2.69 bits per heavy atom. The molecule has 1 aromatic carbocycles. The summed E-state index contributed by atoms with van der Waals surface area (Å²) in [7, 11) is 0. The second kappa shape index (κ2) is 4.56. The van der Waals surface area contributed by atoms with E-state index in [1.165, 1.54) is 5.56 Å². The Kier molecular flexibility index (Phi) is 3.13. The molecule has 2 rings (SSSR count). The first-order valence-electron chi connectivity index (χ1n) is 5.67. The van der Waals surface area contributed by atoms with E-state index in [2.05, 4.69) is 12.1 Å². The summed E-state index contributed by atoms with van der Waals surface area (Å²) in [4.78, 5) is 13.3. The number of hydrogen-bond acceptors (Lipinski definition) is 2. The number of hydrogen-bond donors (Lipinski definition) is 0. The van der Waals surface area contributed by atoms with Crippen LogP contribution in [0.2, 0.25) is 0 Å². The summed E-state index contributed by atoms with van der Waals surface area (Å²) in [5.41, 5.74) is 1.25. The molecule has 3 nitrogen and oxygen atoms in total. The lowest BCUT2D eigenvalue weighted by Gasteiger charge is -2.25. The molecule has 1 aliphatic rings. The summed E-state index contributed by atoms with van der Waals surface area (Å²) >= 11 is 0. The van der Waals surface area contributed by atoms with Gasteiger partial charge in [-0.1, -0.05) is 30.3 Å². The van der Waals surface area contributed by atoms with E-state index in [1.807, 2.05) is 36.9 Å². The lowest BCUT2D eigenvalue weighted by atomic mass is 10.1. The molecule has 1 aliphatic heterocycles. The van der Waals surface area contributed by atoms with Crippen molar-refractivity contribution in [3.05, 3.63) is 35.9 Å². The highest BCUT2D eigenvalue weighted by Crippen LogP contribution is 2.19. The zero-order chi connectivity index (χ0) is 11.5. The Morgan fingerprint density at radius 2 is 2.06 bits per heavy atom. The maximum absolute atomic E-state index is 11.5. The van der Waals surface area contributed by atoms with Crippen molar-refractivity contribution in [3.63, 3.8) is 0 Å². The molecule has 0 saturated carbocycles. The highest BCUT2D eigenvalue weighted by molar-refractivity contribution is 5.70. The van der Waals surface area contributed by atoms with Gasteiger partial charge in [0.25, 0.3) is 0 Å². The molecule has 0 unspecified atom stereocenters. The van der Waals surface area contributed by atoms with Crippen molar-refractivity contribution in [2.24, 2.45) is 0 Å². The van der Waals surface area contributed by atoms with Crippen molar-refractivity contribution in [2.45, 2.75) is 32.4 Å². The van der Waals surface area contributed by atoms with E-state index in [0.717, 1.165) is 6.42 Å². The fraction of sp³-hybridized carbons (Fsp3) is 0.462. The van der Waals surface area contributed by atoms with Gasteiger partial charge in [-0.2, -0.15) is 0 Å². The van der Waals surface area contributed by atoms with Crippen LogP contribution in [0.3, 0.4) is 0 Å². The minimum absolute atomic E-state index is 0.176. The second-order valence-electron chi connectivity index (χ2n) is 4.42. The molecule has 86 valence electrons. The number of cyclic esters (lactones) is 1. The van der Waals surface area contributed by atoms with E-state index in [0.29, 0.717) is 6.61 Å². The average Bonchev–Trinajstić information content (AvgIpc) is 2.61. The molecule has 1 fully saturated rings. The first-order chi connectivity index (χ1) is 7.68. The summed E-state index contributed by atoms with van der Waals surface area (Å²) in [6.45, 7) is 4.54. The van der Waals surface area contributed by atoms with Crippen molar-refractivity contribution >= 4 is 6.09 Å². The number of carbonyl (C=O) groups excluding carboxylic acids is 1. The molecule has 1 atom stereocenters. The van der Waals surface area contributed by atoms with Crippen molar-refractivity contribution in [1.29, 1.82) is 0 Å². The van der Waals surface area contributed by atoms with Crippen molar-refractivity contribution < 1.29 is 9.53 Å². The van der Waals surface area contributed by atoms with Crippen LogP contribution in [0.1, 0.15) is 19.4 Å². The summed E-state index contributed by atoms with van der Waals surface area (Å²) in [5.74, 6) is 0. The number of ether oxygens (including phenoxy) is 1. The Balaban J connectivity index is 2.07. The minimum atomic E-state index is -0.184. The van der Waals surface area contributed by atoms with Gasteiger partial charge in [-0.3, -0.25) is 4.90 Å². The van der Waals surface area contributed by atoms with Crippen LogP contribution < -0.4 is 0 Å². The SMILES string of the molecule is CC(C)N1C(=O)OC[C@H]1Cc1ccccc1. The van der Waals surface area contributed by atoms with Gasteiger partial charge in [-0.25, -0.2) is 4.79 Å². The van der Waals surface area contributed by atoms with Crippen LogP contribution in [-0.4, -0.2) is 29.7 Å². The predicted octanol–water partition coefficient (Wildman–Crippen LogP) is 2.46. The first kappa shape index (κ1) is 11.0. The monoisotopic (exact) mass is 219 g/mol. The van der Waals surface area contributed by atoms with Crippen LogP contribution in [0.5, 0.6) is 0 Å². The molecule has 0 N–H and O–H groups in total. The van der Waals surface area contributed by atoms with Crippen LogP contribution in [0, 0.1) is 0 Å². The maximum atomic E-state index is 11.5. The smallest absolute Gasteiger partial charge is 0.410 e. The third-order valence-electron chi connectivity index (χ3n) is 2.87. The minimum Gasteiger partial charge on any atom is -0.447 e. The van der Waals surface area contributed by atoms with Crippen molar-refractivity contribution in [3.8, 4) is 0 Å². The van der Waals surface area contributed by atoms with E-state index in [4.69, 9.17) is 4.74 Å². The van der Waals surface area contributed by atoms with Gasteiger partial charge in [0, 0.05) is 6.04 Å². The second-order valence-corrected chi connectivity index (χ2v) is 4.42. The molecule has 0 spiro atoms. The largest absolute Gasteiger partial charge is 0.447 e. The molecule has 1 aromatic rings. The first-order valence-corrected chi connectivity index (χ1v) is 5.67. The Bertz CT molecular complexity index is 361. The molecular formula is C13H17NO2. The molecule has 0 radical (unpaired) electrons. The topological polar surface area (TPSA) is 29.5 Å². The number of rotatable bonds is 3. The van der Waals surface area contributed by atoms with E-state index >= 15 is 0 Å². The number of benzene rings is 1. The molecule has 1 saturated heterocycles. The molecule has 0 bridgehead atoms. The van der Waals surface area contributed by atoms with Crippen molar-refractivity contribution in [2.75, 3.05) is 6.61 Å². The molecular weight excluding hydrogens is 202 g/mol. The zero-order valence-electron chi connectivity index (χ0n) is 9.72. The van der Waals surface area contributed by atoms with E-state index < -0.39 is 0 Å². The Hall–Kier alpha value is -1.51. The molecule has 0 aliphatic carbocycles. The van der Waals surface area contributed by atoms with Crippen LogP contribution in [0.4, 0.5) is 4.79 Å². The third-order valence-corrected chi connectivity index (χ3v) is 2.87. The van der Waals surface area contributed by atoms with Gasteiger partial charge in [-0.15, -0.1) is 0 Å². The predicted molar refractivity (Wildman–Crippen MR) is 62.3 cm³/mol. The van der Waals surface area contributed by atoms with Gasteiger partial charge < -0.3 is 4.74 Å². The third kappa shape index (κ3) is 2.18. The van der Waals surface area contributed by atoms with Crippen LogP contribution in [0.25, 0.3) is 0 Å². The lowest BCUT2D eigenvalue weighted by molar-refractivity contribution is 0.149. The molecule has 0 aromatic heterocycles. The van der Waals surface area contributed by atoms with Gasteiger partial charge in [0.1, 0.15) is 6.61 Å². The average molecular weight is 219 g/mol. The van der Waals surface area contributed by atoms with Gasteiger partial charge in [0.15, 0.2) is 0 Å². The summed E-state index contributed by atoms with van der Waals surface area (Å²) < 4.78 is 5.10.